The van der Waals surface area contributed by atoms with Crippen LogP contribution in [0.2, 0.25) is 0 Å². The number of hydrogen-bond acceptors (Lipinski definition) is 3. The standard InChI is InChI=1S/C22H19N3O3S/c1-15-10-11-16-13-21(24-20(16)12-15)22(26)23-17-6-5-7-18(14-17)25-29(27,28)19-8-3-2-4-9-19/h2-14,24-25H,1H3,(H,23,26). The zero-order chi connectivity index (χ0) is 20.4. The first-order chi connectivity index (χ1) is 13.9. The Balaban J connectivity index is 1.53. The molecule has 7 heteroatoms. The van der Waals surface area contributed by atoms with E-state index in [1.54, 1.807) is 48.5 Å². The Morgan fingerprint density at radius 1 is 0.862 bits per heavy atom. The van der Waals surface area contributed by atoms with Crippen molar-refractivity contribution < 1.29 is 13.2 Å². The van der Waals surface area contributed by atoms with Gasteiger partial charge in [0.25, 0.3) is 15.9 Å². The van der Waals surface area contributed by atoms with E-state index in [9.17, 15) is 13.2 Å². The number of aromatic amines is 1. The average molecular weight is 405 g/mol. The van der Waals surface area contributed by atoms with Gasteiger partial charge >= 0.3 is 0 Å². The van der Waals surface area contributed by atoms with E-state index in [4.69, 9.17) is 0 Å². The van der Waals surface area contributed by atoms with Crippen LogP contribution in [0.1, 0.15) is 16.1 Å². The Morgan fingerprint density at radius 2 is 1.62 bits per heavy atom. The normalized spacial score (nSPS) is 11.3. The number of carbonyl (C=O) groups is 1. The summed E-state index contributed by atoms with van der Waals surface area (Å²) in [4.78, 5) is 15.9. The van der Waals surface area contributed by atoms with Crippen molar-refractivity contribution >= 4 is 38.2 Å². The van der Waals surface area contributed by atoms with Crippen LogP contribution in [0.15, 0.2) is 83.8 Å². The molecule has 0 aliphatic rings. The van der Waals surface area contributed by atoms with Gasteiger partial charge in [0.1, 0.15) is 5.69 Å². The second-order valence-electron chi connectivity index (χ2n) is 6.73. The Labute approximate surface area is 168 Å². The summed E-state index contributed by atoms with van der Waals surface area (Å²) in [6, 6.07) is 22.4. The summed E-state index contributed by atoms with van der Waals surface area (Å²) in [5, 5.41) is 3.74. The highest BCUT2D eigenvalue weighted by Crippen LogP contribution is 2.21. The molecule has 29 heavy (non-hydrogen) atoms. The first kappa shape index (κ1) is 18.8. The van der Waals surface area contributed by atoms with Crippen molar-refractivity contribution in [2.45, 2.75) is 11.8 Å². The number of anilines is 2. The molecular formula is C22H19N3O3S. The molecule has 4 rings (SSSR count). The van der Waals surface area contributed by atoms with Gasteiger partial charge in [0.2, 0.25) is 0 Å². The first-order valence-corrected chi connectivity index (χ1v) is 10.5. The number of fused-ring (bicyclic) bond motifs is 1. The number of aromatic nitrogens is 1. The zero-order valence-electron chi connectivity index (χ0n) is 15.6. The van der Waals surface area contributed by atoms with Gasteiger partial charge in [0, 0.05) is 16.6 Å². The average Bonchev–Trinajstić information content (AvgIpc) is 3.12. The van der Waals surface area contributed by atoms with Crippen LogP contribution < -0.4 is 10.0 Å². The lowest BCUT2D eigenvalue weighted by molar-refractivity contribution is 0.102. The van der Waals surface area contributed by atoms with Crippen molar-refractivity contribution in [2.75, 3.05) is 10.0 Å². The van der Waals surface area contributed by atoms with Gasteiger partial charge in [-0.05, 0) is 55.0 Å². The van der Waals surface area contributed by atoms with Crippen molar-refractivity contribution in [2.24, 2.45) is 0 Å². The van der Waals surface area contributed by atoms with E-state index in [1.165, 1.54) is 12.1 Å². The summed E-state index contributed by atoms with van der Waals surface area (Å²) in [6.07, 6.45) is 0. The predicted octanol–water partition coefficient (Wildman–Crippen LogP) is 4.53. The van der Waals surface area contributed by atoms with E-state index >= 15 is 0 Å². The van der Waals surface area contributed by atoms with Crippen molar-refractivity contribution in [3.05, 3.63) is 90.1 Å². The molecule has 0 unspecified atom stereocenters. The summed E-state index contributed by atoms with van der Waals surface area (Å²) < 4.78 is 27.5. The van der Waals surface area contributed by atoms with Gasteiger partial charge in [-0.15, -0.1) is 0 Å². The summed E-state index contributed by atoms with van der Waals surface area (Å²) in [6.45, 7) is 1.99. The molecule has 3 N–H and O–H groups in total. The predicted molar refractivity (Wildman–Crippen MR) is 115 cm³/mol. The highest BCUT2D eigenvalue weighted by Gasteiger charge is 2.14. The van der Waals surface area contributed by atoms with E-state index in [1.807, 2.05) is 25.1 Å². The second-order valence-corrected chi connectivity index (χ2v) is 8.41. The second kappa shape index (κ2) is 7.44. The molecule has 3 aromatic carbocycles. The van der Waals surface area contributed by atoms with Crippen LogP contribution in [0, 0.1) is 6.92 Å². The van der Waals surface area contributed by atoms with Crippen molar-refractivity contribution in [3.8, 4) is 0 Å². The van der Waals surface area contributed by atoms with Gasteiger partial charge < -0.3 is 10.3 Å². The van der Waals surface area contributed by atoms with E-state index in [0.717, 1.165) is 16.5 Å². The van der Waals surface area contributed by atoms with Gasteiger partial charge in [-0.25, -0.2) is 8.42 Å². The minimum absolute atomic E-state index is 0.169. The van der Waals surface area contributed by atoms with Gasteiger partial charge in [0.15, 0.2) is 0 Å². The van der Waals surface area contributed by atoms with Crippen LogP contribution in [0.4, 0.5) is 11.4 Å². The Bertz CT molecular complexity index is 1300. The van der Waals surface area contributed by atoms with E-state index in [0.29, 0.717) is 17.1 Å². The molecule has 0 saturated heterocycles. The maximum Gasteiger partial charge on any atom is 0.272 e. The molecular weight excluding hydrogens is 386 g/mol. The van der Waals surface area contributed by atoms with Crippen molar-refractivity contribution in [1.29, 1.82) is 0 Å². The minimum atomic E-state index is -3.70. The van der Waals surface area contributed by atoms with Gasteiger partial charge in [-0.3, -0.25) is 9.52 Å². The lowest BCUT2D eigenvalue weighted by Gasteiger charge is -2.10. The van der Waals surface area contributed by atoms with Crippen molar-refractivity contribution in [1.82, 2.24) is 4.98 Å². The zero-order valence-corrected chi connectivity index (χ0v) is 16.5. The number of H-pyrrole nitrogens is 1. The fraction of sp³-hybridized carbons (Fsp3) is 0.0455. The maximum atomic E-state index is 12.6. The number of hydrogen-bond donors (Lipinski definition) is 3. The molecule has 0 aliphatic heterocycles. The maximum absolute atomic E-state index is 12.6. The number of benzene rings is 3. The highest BCUT2D eigenvalue weighted by atomic mass is 32.2. The number of carbonyl (C=O) groups excluding carboxylic acids is 1. The van der Waals surface area contributed by atoms with Crippen LogP contribution in [0.25, 0.3) is 10.9 Å². The number of sulfonamides is 1. The minimum Gasteiger partial charge on any atom is -0.351 e. The lowest BCUT2D eigenvalue weighted by Crippen LogP contribution is -2.14. The van der Waals surface area contributed by atoms with Crippen LogP contribution in [0.5, 0.6) is 0 Å². The molecule has 1 aromatic heterocycles. The lowest BCUT2D eigenvalue weighted by atomic mass is 10.2. The fourth-order valence-electron chi connectivity index (χ4n) is 3.04. The molecule has 1 amide bonds. The van der Waals surface area contributed by atoms with Crippen molar-refractivity contribution in [3.63, 3.8) is 0 Å². The number of aryl methyl sites for hydroxylation is 1. The van der Waals surface area contributed by atoms with Crippen LogP contribution in [-0.4, -0.2) is 19.3 Å². The highest BCUT2D eigenvalue weighted by molar-refractivity contribution is 7.92. The van der Waals surface area contributed by atoms with E-state index in [2.05, 4.69) is 15.0 Å². The van der Waals surface area contributed by atoms with Gasteiger partial charge in [-0.1, -0.05) is 36.4 Å². The first-order valence-electron chi connectivity index (χ1n) is 8.99. The molecule has 4 aromatic rings. The number of amides is 1. The Morgan fingerprint density at radius 3 is 2.41 bits per heavy atom. The number of rotatable bonds is 5. The third-order valence-corrected chi connectivity index (χ3v) is 5.85. The summed E-state index contributed by atoms with van der Waals surface area (Å²) in [5.74, 6) is -0.304. The third kappa shape index (κ3) is 4.14. The molecule has 0 aliphatic carbocycles. The SMILES string of the molecule is Cc1ccc2cc(C(=O)Nc3cccc(NS(=O)(=O)c4ccccc4)c3)[nH]c2c1. The van der Waals surface area contributed by atoms with E-state index in [-0.39, 0.29) is 10.8 Å². The Hall–Kier alpha value is -3.58. The fourth-order valence-corrected chi connectivity index (χ4v) is 4.11. The van der Waals surface area contributed by atoms with Crippen LogP contribution >= 0.6 is 0 Å². The van der Waals surface area contributed by atoms with Crippen LogP contribution in [0.3, 0.4) is 0 Å². The molecule has 0 bridgehead atoms. The molecule has 0 spiro atoms. The molecule has 146 valence electrons. The summed E-state index contributed by atoms with van der Waals surface area (Å²) >= 11 is 0. The molecule has 1 heterocycles. The van der Waals surface area contributed by atoms with Gasteiger partial charge in [0.05, 0.1) is 10.6 Å². The molecule has 0 fully saturated rings. The summed E-state index contributed by atoms with van der Waals surface area (Å²) in [5.41, 5.74) is 3.27. The quantitative estimate of drug-likeness (QED) is 0.456. The largest absolute Gasteiger partial charge is 0.351 e. The Kier molecular flexibility index (Phi) is 4.82. The molecule has 6 nitrogen and oxygen atoms in total. The van der Waals surface area contributed by atoms with E-state index < -0.39 is 10.0 Å². The monoisotopic (exact) mass is 405 g/mol. The smallest absolute Gasteiger partial charge is 0.272 e. The summed E-state index contributed by atoms with van der Waals surface area (Å²) in [7, 11) is -3.70. The topological polar surface area (TPSA) is 91.1 Å². The third-order valence-electron chi connectivity index (χ3n) is 4.45. The molecule has 0 saturated carbocycles. The molecule has 0 radical (unpaired) electrons. The number of nitrogens with one attached hydrogen (secondary N) is 3. The molecule has 0 atom stereocenters. The van der Waals surface area contributed by atoms with Crippen LogP contribution in [-0.2, 0) is 10.0 Å². The van der Waals surface area contributed by atoms with Gasteiger partial charge in [-0.2, -0.15) is 0 Å².